The lowest BCUT2D eigenvalue weighted by Crippen LogP contribution is -2.05. The van der Waals surface area contributed by atoms with Gasteiger partial charge in [-0.2, -0.15) is 0 Å². The third kappa shape index (κ3) is 2.40. The Morgan fingerprint density at radius 2 is 2.00 bits per heavy atom. The molecule has 1 aromatic carbocycles. The lowest BCUT2D eigenvalue weighted by molar-refractivity contribution is 0.626. The molecule has 3 nitrogen and oxygen atoms in total. The third-order valence-corrected chi connectivity index (χ3v) is 3.72. The van der Waals surface area contributed by atoms with Crippen molar-refractivity contribution in [1.82, 2.24) is 14.5 Å². The molecule has 3 rings (SSSR count). The first-order valence-corrected chi connectivity index (χ1v) is 7.30. The number of hydrogen-bond acceptors (Lipinski definition) is 2. The Labute approximate surface area is 127 Å². The topological polar surface area (TPSA) is 30.7 Å². The predicted molar refractivity (Wildman–Crippen MR) is 82.7 cm³/mol. The van der Waals surface area contributed by atoms with Gasteiger partial charge in [-0.3, -0.25) is 4.57 Å². The summed E-state index contributed by atoms with van der Waals surface area (Å²) in [6.45, 7) is 3.88. The van der Waals surface area contributed by atoms with Gasteiger partial charge in [0.15, 0.2) is 5.65 Å². The van der Waals surface area contributed by atoms with Crippen molar-refractivity contribution in [2.45, 2.75) is 20.3 Å². The van der Waals surface area contributed by atoms with E-state index in [0.717, 1.165) is 33.8 Å². The molecule has 0 unspecified atom stereocenters. The average molecular weight is 304 g/mol. The maximum absolute atomic E-state index is 13.4. The number of pyridine rings is 1. The molecule has 0 saturated carbocycles. The first-order chi connectivity index (χ1) is 10.1. The summed E-state index contributed by atoms with van der Waals surface area (Å²) in [5.41, 5.74) is 4.44. The molecule has 0 N–H and O–H groups in total. The highest BCUT2D eigenvalue weighted by Gasteiger charge is 2.16. The SMILES string of the molecule is Cc1cc(F)ccc1-n1c(CCCl)nc2c(C)ccnc21. The van der Waals surface area contributed by atoms with Gasteiger partial charge in [-0.15, -0.1) is 11.6 Å². The van der Waals surface area contributed by atoms with Gasteiger partial charge in [-0.1, -0.05) is 0 Å². The van der Waals surface area contributed by atoms with Crippen molar-refractivity contribution in [2.75, 3.05) is 5.88 Å². The van der Waals surface area contributed by atoms with Gasteiger partial charge in [0, 0.05) is 18.5 Å². The van der Waals surface area contributed by atoms with Crippen molar-refractivity contribution in [3.05, 3.63) is 53.2 Å². The molecule has 0 spiro atoms. The van der Waals surface area contributed by atoms with Crippen LogP contribution in [0.1, 0.15) is 17.0 Å². The Hall–Kier alpha value is -1.94. The number of benzene rings is 1. The molecule has 0 atom stereocenters. The van der Waals surface area contributed by atoms with Crippen LogP contribution in [0.3, 0.4) is 0 Å². The monoisotopic (exact) mass is 303 g/mol. The molecule has 108 valence electrons. The number of rotatable bonds is 3. The smallest absolute Gasteiger partial charge is 0.164 e. The quantitative estimate of drug-likeness (QED) is 0.686. The summed E-state index contributed by atoms with van der Waals surface area (Å²) in [6.07, 6.45) is 2.40. The van der Waals surface area contributed by atoms with E-state index in [1.165, 1.54) is 12.1 Å². The molecular weight excluding hydrogens is 289 g/mol. The first-order valence-electron chi connectivity index (χ1n) is 6.77. The van der Waals surface area contributed by atoms with E-state index >= 15 is 0 Å². The Morgan fingerprint density at radius 1 is 1.19 bits per heavy atom. The van der Waals surface area contributed by atoms with Crippen LogP contribution in [0, 0.1) is 19.7 Å². The highest BCUT2D eigenvalue weighted by atomic mass is 35.5. The van der Waals surface area contributed by atoms with E-state index in [0.29, 0.717) is 12.3 Å². The van der Waals surface area contributed by atoms with Crippen LogP contribution in [-0.2, 0) is 6.42 Å². The van der Waals surface area contributed by atoms with E-state index in [2.05, 4.69) is 9.97 Å². The van der Waals surface area contributed by atoms with Gasteiger partial charge in [0.25, 0.3) is 0 Å². The molecule has 0 amide bonds. The van der Waals surface area contributed by atoms with Crippen molar-refractivity contribution >= 4 is 22.8 Å². The van der Waals surface area contributed by atoms with E-state index in [1.54, 1.807) is 12.3 Å². The normalized spacial score (nSPS) is 11.2. The number of alkyl halides is 1. The average Bonchev–Trinajstić information content (AvgIpc) is 2.79. The van der Waals surface area contributed by atoms with Crippen LogP contribution in [0.15, 0.2) is 30.5 Å². The fourth-order valence-corrected chi connectivity index (χ4v) is 2.68. The molecule has 5 heteroatoms. The zero-order chi connectivity index (χ0) is 15.0. The second-order valence-corrected chi connectivity index (χ2v) is 5.41. The molecule has 0 fully saturated rings. The van der Waals surface area contributed by atoms with Crippen molar-refractivity contribution in [3.63, 3.8) is 0 Å². The molecule has 3 aromatic rings. The summed E-state index contributed by atoms with van der Waals surface area (Å²) in [5.74, 6) is 1.07. The standard InChI is InChI=1S/C16H15ClFN3/c1-10-6-8-19-16-15(10)20-14(5-7-17)21(16)13-4-3-12(18)9-11(13)2/h3-4,6,8-9H,5,7H2,1-2H3. The summed E-state index contributed by atoms with van der Waals surface area (Å²) in [4.78, 5) is 9.11. The van der Waals surface area contributed by atoms with E-state index < -0.39 is 0 Å². The fraction of sp³-hybridized carbons (Fsp3) is 0.250. The first kappa shape index (κ1) is 14.0. The number of aromatic nitrogens is 3. The van der Waals surface area contributed by atoms with Crippen molar-refractivity contribution in [1.29, 1.82) is 0 Å². The van der Waals surface area contributed by atoms with Crippen LogP contribution in [0.25, 0.3) is 16.9 Å². The zero-order valence-electron chi connectivity index (χ0n) is 11.9. The van der Waals surface area contributed by atoms with Crippen LogP contribution >= 0.6 is 11.6 Å². The predicted octanol–water partition coefficient (Wildman–Crippen LogP) is 3.96. The minimum absolute atomic E-state index is 0.247. The maximum Gasteiger partial charge on any atom is 0.164 e. The molecular formula is C16H15ClFN3. The summed E-state index contributed by atoms with van der Waals surface area (Å²) < 4.78 is 15.3. The van der Waals surface area contributed by atoms with Crippen molar-refractivity contribution in [3.8, 4) is 5.69 Å². The summed E-state index contributed by atoms with van der Waals surface area (Å²) in [5, 5.41) is 0. The van der Waals surface area contributed by atoms with Crippen LogP contribution in [0.5, 0.6) is 0 Å². The number of nitrogens with zero attached hydrogens (tertiary/aromatic N) is 3. The molecule has 0 saturated heterocycles. The molecule has 0 bridgehead atoms. The summed E-state index contributed by atoms with van der Waals surface area (Å²) >= 11 is 5.89. The lowest BCUT2D eigenvalue weighted by Gasteiger charge is -2.11. The van der Waals surface area contributed by atoms with Gasteiger partial charge < -0.3 is 0 Å². The van der Waals surface area contributed by atoms with Gasteiger partial charge in [-0.25, -0.2) is 14.4 Å². The largest absolute Gasteiger partial charge is 0.280 e. The third-order valence-electron chi connectivity index (χ3n) is 3.54. The Bertz CT molecular complexity index is 811. The Balaban J connectivity index is 2.33. The lowest BCUT2D eigenvalue weighted by atomic mass is 10.2. The molecule has 0 radical (unpaired) electrons. The van der Waals surface area contributed by atoms with Crippen molar-refractivity contribution < 1.29 is 4.39 Å². The minimum Gasteiger partial charge on any atom is -0.280 e. The van der Waals surface area contributed by atoms with E-state index in [4.69, 9.17) is 11.6 Å². The number of halogens is 2. The Morgan fingerprint density at radius 3 is 2.71 bits per heavy atom. The molecule has 0 aliphatic rings. The van der Waals surface area contributed by atoms with Crippen LogP contribution in [0.4, 0.5) is 4.39 Å². The summed E-state index contributed by atoms with van der Waals surface area (Å²) in [7, 11) is 0. The van der Waals surface area contributed by atoms with Crippen LogP contribution in [0.2, 0.25) is 0 Å². The van der Waals surface area contributed by atoms with E-state index in [-0.39, 0.29) is 5.82 Å². The van der Waals surface area contributed by atoms with Crippen LogP contribution in [-0.4, -0.2) is 20.4 Å². The second-order valence-electron chi connectivity index (χ2n) is 5.03. The van der Waals surface area contributed by atoms with Crippen molar-refractivity contribution in [2.24, 2.45) is 0 Å². The van der Waals surface area contributed by atoms with Crippen LogP contribution < -0.4 is 0 Å². The van der Waals surface area contributed by atoms with E-state index in [1.807, 2.05) is 24.5 Å². The van der Waals surface area contributed by atoms with Gasteiger partial charge in [0.1, 0.15) is 17.2 Å². The minimum atomic E-state index is -0.247. The molecule has 21 heavy (non-hydrogen) atoms. The highest BCUT2D eigenvalue weighted by Crippen LogP contribution is 2.25. The number of hydrogen-bond donors (Lipinski definition) is 0. The Kier molecular flexibility index (Phi) is 3.64. The second kappa shape index (κ2) is 5.45. The van der Waals surface area contributed by atoms with Gasteiger partial charge in [-0.05, 0) is 49.2 Å². The molecule has 2 heterocycles. The number of fused-ring (bicyclic) bond motifs is 1. The summed E-state index contributed by atoms with van der Waals surface area (Å²) in [6, 6.07) is 6.66. The fourth-order valence-electron chi connectivity index (χ4n) is 2.51. The molecule has 0 aliphatic carbocycles. The van der Waals surface area contributed by atoms with Gasteiger partial charge in [0.05, 0.1) is 5.69 Å². The highest BCUT2D eigenvalue weighted by molar-refractivity contribution is 6.17. The van der Waals surface area contributed by atoms with E-state index in [9.17, 15) is 4.39 Å². The molecule has 0 aliphatic heterocycles. The van der Waals surface area contributed by atoms with Gasteiger partial charge >= 0.3 is 0 Å². The maximum atomic E-state index is 13.4. The molecule has 2 aromatic heterocycles. The zero-order valence-corrected chi connectivity index (χ0v) is 12.7. The number of aryl methyl sites for hydroxylation is 3. The van der Waals surface area contributed by atoms with Gasteiger partial charge in [0.2, 0.25) is 0 Å². The number of imidazole rings is 1.